The Labute approximate surface area is 113 Å². The van der Waals surface area contributed by atoms with E-state index in [1.54, 1.807) is 11.8 Å². The zero-order valence-electron chi connectivity index (χ0n) is 11.0. The normalized spacial score (nSPS) is 16.6. The van der Waals surface area contributed by atoms with Crippen molar-refractivity contribution in [3.8, 4) is 0 Å². The molecule has 0 atom stereocenters. The van der Waals surface area contributed by atoms with E-state index in [1.807, 2.05) is 7.05 Å². The lowest BCUT2D eigenvalue weighted by Crippen LogP contribution is -1.93. The standard InChI is InChI=1S/C15H18N2S/c1-11(2)4-7-14-10-18-15(17-14)12-5-8-13(16-3)9-6-12/h4-9,16H,10H2,1-3H3/b14-7+. The summed E-state index contributed by atoms with van der Waals surface area (Å²) in [6.07, 6.45) is 4.23. The highest BCUT2D eigenvalue weighted by Gasteiger charge is 2.13. The summed E-state index contributed by atoms with van der Waals surface area (Å²) >= 11 is 1.80. The van der Waals surface area contributed by atoms with E-state index in [-0.39, 0.29) is 0 Å². The zero-order valence-corrected chi connectivity index (χ0v) is 11.8. The Kier molecular flexibility index (Phi) is 4.26. The molecule has 0 saturated carbocycles. The third-order valence-corrected chi connectivity index (χ3v) is 3.67. The molecule has 3 heteroatoms. The van der Waals surface area contributed by atoms with Gasteiger partial charge in [-0.3, -0.25) is 0 Å². The van der Waals surface area contributed by atoms with Gasteiger partial charge >= 0.3 is 0 Å². The monoisotopic (exact) mass is 258 g/mol. The summed E-state index contributed by atoms with van der Waals surface area (Å²) in [5.41, 5.74) is 4.77. The molecule has 0 unspecified atom stereocenters. The van der Waals surface area contributed by atoms with Crippen molar-refractivity contribution in [1.29, 1.82) is 0 Å². The first-order valence-corrected chi connectivity index (χ1v) is 7.01. The minimum absolute atomic E-state index is 0.965. The molecule has 0 radical (unpaired) electrons. The number of benzene rings is 1. The second-order valence-electron chi connectivity index (χ2n) is 4.44. The first-order chi connectivity index (χ1) is 8.69. The van der Waals surface area contributed by atoms with E-state index in [0.717, 1.165) is 22.2 Å². The number of nitrogens with one attached hydrogen (secondary N) is 1. The van der Waals surface area contributed by atoms with Gasteiger partial charge in [-0.2, -0.15) is 0 Å². The van der Waals surface area contributed by atoms with Crippen molar-refractivity contribution in [2.45, 2.75) is 13.8 Å². The van der Waals surface area contributed by atoms with Crippen LogP contribution in [0, 0.1) is 0 Å². The van der Waals surface area contributed by atoms with Crippen molar-refractivity contribution in [2.75, 3.05) is 18.1 Å². The Hall–Kier alpha value is -1.48. The van der Waals surface area contributed by atoms with Crippen LogP contribution in [-0.4, -0.2) is 17.8 Å². The molecule has 0 aromatic heterocycles. The van der Waals surface area contributed by atoms with E-state index in [9.17, 15) is 0 Å². The van der Waals surface area contributed by atoms with Gasteiger partial charge in [0.1, 0.15) is 5.04 Å². The van der Waals surface area contributed by atoms with Gasteiger partial charge in [0.25, 0.3) is 0 Å². The molecule has 1 heterocycles. The van der Waals surface area contributed by atoms with Gasteiger partial charge in [0.2, 0.25) is 0 Å². The molecule has 0 amide bonds. The first-order valence-electron chi connectivity index (χ1n) is 6.03. The summed E-state index contributed by atoms with van der Waals surface area (Å²) in [5.74, 6) is 0.965. The summed E-state index contributed by atoms with van der Waals surface area (Å²) in [5, 5.41) is 4.24. The molecular weight excluding hydrogens is 240 g/mol. The van der Waals surface area contributed by atoms with Gasteiger partial charge in [0.15, 0.2) is 0 Å². The molecule has 2 rings (SSSR count). The molecule has 1 aromatic carbocycles. The van der Waals surface area contributed by atoms with E-state index in [4.69, 9.17) is 0 Å². The lowest BCUT2D eigenvalue weighted by molar-refractivity contribution is 1.33. The van der Waals surface area contributed by atoms with Crippen LogP contribution in [-0.2, 0) is 0 Å². The van der Waals surface area contributed by atoms with Crippen LogP contribution in [0.4, 0.5) is 5.69 Å². The number of anilines is 1. The number of hydrogen-bond acceptors (Lipinski definition) is 3. The second kappa shape index (κ2) is 5.91. The number of nitrogens with zero attached hydrogens (tertiary/aromatic N) is 1. The average molecular weight is 258 g/mol. The maximum atomic E-state index is 4.66. The van der Waals surface area contributed by atoms with Crippen molar-refractivity contribution in [3.05, 3.63) is 53.3 Å². The van der Waals surface area contributed by atoms with Crippen LogP contribution in [0.5, 0.6) is 0 Å². The van der Waals surface area contributed by atoms with Crippen LogP contribution in [0.25, 0.3) is 0 Å². The van der Waals surface area contributed by atoms with Gasteiger partial charge in [-0.1, -0.05) is 35.5 Å². The molecule has 1 N–H and O–H groups in total. The third-order valence-electron chi connectivity index (χ3n) is 2.63. The Morgan fingerprint density at radius 1 is 1.28 bits per heavy atom. The SMILES string of the molecule is CNc1ccc(C2=N/C(=C/C=C(C)C)CS2)cc1. The third kappa shape index (κ3) is 3.26. The van der Waals surface area contributed by atoms with E-state index < -0.39 is 0 Å². The van der Waals surface area contributed by atoms with Gasteiger partial charge in [0.05, 0.1) is 5.70 Å². The summed E-state index contributed by atoms with van der Waals surface area (Å²) in [6.45, 7) is 4.19. The van der Waals surface area contributed by atoms with Crippen molar-refractivity contribution >= 4 is 22.5 Å². The minimum atomic E-state index is 0.965. The van der Waals surface area contributed by atoms with Crippen molar-refractivity contribution in [2.24, 2.45) is 4.99 Å². The van der Waals surface area contributed by atoms with Crippen LogP contribution in [0.15, 0.2) is 52.7 Å². The number of thioether (sulfide) groups is 1. The molecule has 0 fully saturated rings. The quantitative estimate of drug-likeness (QED) is 0.883. The van der Waals surface area contributed by atoms with Gasteiger partial charge in [-0.05, 0) is 32.1 Å². The maximum Gasteiger partial charge on any atom is 0.104 e. The van der Waals surface area contributed by atoms with E-state index in [0.29, 0.717) is 0 Å². The molecule has 0 spiro atoms. The fourth-order valence-electron chi connectivity index (χ4n) is 1.61. The predicted molar refractivity (Wildman–Crippen MR) is 82.5 cm³/mol. The van der Waals surface area contributed by atoms with E-state index in [2.05, 4.69) is 60.6 Å². The van der Waals surface area contributed by atoms with Crippen LogP contribution in [0.2, 0.25) is 0 Å². The number of hydrogen-bond donors (Lipinski definition) is 1. The largest absolute Gasteiger partial charge is 0.388 e. The Morgan fingerprint density at radius 2 is 2.00 bits per heavy atom. The molecule has 1 aromatic rings. The molecule has 0 aliphatic carbocycles. The molecular formula is C15H18N2S. The van der Waals surface area contributed by atoms with Crippen molar-refractivity contribution in [3.63, 3.8) is 0 Å². The fraction of sp³-hybridized carbons (Fsp3) is 0.267. The van der Waals surface area contributed by atoms with Crippen LogP contribution in [0.1, 0.15) is 19.4 Å². The summed E-state index contributed by atoms with van der Waals surface area (Å²) < 4.78 is 0. The highest BCUT2D eigenvalue weighted by atomic mass is 32.2. The smallest absolute Gasteiger partial charge is 0.104 e. The highest BCUT2D eigenvalue weighted by molar-refractivity contribution is 8.14. The maximum absolute atomic E-state index is 4.66. The fourth-order valence-corrected chi connectivity index (χ4v) is 2.54. The molecule has 1 aliphatic rings. The Bertz CT molecular complexity index is 506. The van der Waals surface area contributed by atoms with Crippen LogP contribution in [0.3, 0.4) is 0 Å². The van der Waals surface area contributed by atoms with E-state index >= 15 is 0 Å². The summed E-state index contributed by atoms with van der Waals surface area (Å²) in [7, 11) is 1.93. The summed E-state index contributed by atoms with van der Waals surface area (Å²) in [4.78, 5) is 4.66. The van der Waals surface area contributed by atoms with Crippen LogP contribution < -0.4 is 5.32 Å². The molecule has 18 heavy (non-hydrogen) atoms. The molecule has 94 valence electrons. The molecule has 0 bridgehead atoms. The molecule has 0 saturated heterocycles. The first kappa shape index (κ1) is 13.0. The molecule has 1 aliphatic heterocycles. The highest BCUT2D eigenvalue weighted by Crippen LogP contribution is 2.26. The lowest BCUT2D eigenvalue weighted by atomic mass is 10.2. The van der Waals surface area contributed by atoms with Gasteiger partial charge in [0, 0.05) is 24.1 Å². The number of aliphatic imine (C=N–C) groups is 1. The second-order valence-corrected chi connectivity index (χ2v) is 5.40. The lowest BCUT2D eigenvalue weighted by Gasteiger charge is -2.02. The Balaban J connectivity index is 2.17. The van der Waals surface area contributed by atoms with Gasteiger partial charge < -0.3 is 5.32 Å². The van der Waals surface area contributed by atoms with Gasteiger partial charge in [-0.25, -0.2) is 4.99 Å². The van der Waals surface area contributed by atoms with Gasteiger partial charge in [-0.15, -0.1) is 0 Å². The topological polar surface area (TPSA) is 24.4 Å². The predicted octanol–water partition coefficient (Wildman–Crippen LogP) is 4.07. The van der Waals surface area contributed by atoms with Crippen molar-refractivity contribution < 1.29 is 0 Å². The minimum Gasteiger partial charge on any atom is -0.388 e. The average Bonchev–Trinajstić information content (AvgIpc) is 2.85. The van der Waals surface area contributed by atoms with E-state index in [1.165, 1.54) is 11.1 Å². The zero-order chi connectivity index (χ0) is 13.0. The number of rotatable bonds is 3. The van der Waals surface area contributed by atoms with Crippen molar-refractivity contribution in [1.82, 2.24) is 0 Å². The number of allylic oxidation sites excluding steroid dienone is 3. The molecule has 2 nitrogen and oxygen atoms in total. The summed E-state index contributed by atoms with van der Waals surface area (Å²) in [6, 6.07) is 8.38. The van der Waals surface area contributed by atoms with Crippen LogP contribution >= 0.6 is 11.8 Å². The Morgan fingerprint density at radius 3 is 2.61 bits per heavy atom.